The number of allylic oxidation sites excluding steroid dienone is 2. The number of rotatable bonds is 7. The van der Waals surface area contributed by atoms with E-state index < -0.39 is 0 Å². The Bertz CT molecular complexity index is 476. The minimum absolute atomic E-state index is 0.114. The van der Waals surface area contributed by atoms with Gasteiger partial charge < -0.3 is 14.5 Å². The summed E-state index contributed by atoms with van der Waals surface area (Å²) < 4.78 is 5.97. The summed E-state index contributed by atoms with van der Waals surface area (Å²) in [5, 5.41) is 0. The van der Waals surface area contributed by atoms with E-state index in [1.54, 1.807) is 0 Å². The van der Waals surface area contributed by atoms with Crippen LogP contribution in [0.25, 0.3) is 0 Å². The zero-order valence-electron chi connectivity index (χ0n) is 15.8. The lowest BCUT2D eigenvalue weighted by molar-refractivity contribution is -0.171. The van der Waals surface area contributed by atoms with Crippen LogP contribution in [0, 0.1) is 0 Å². The van der Waals surface area contributed by atoms with Gasteiger partial charge in [-0.15, -0.1) is 19.7 Å². The quantitative estimate of drug-likeness (QED) is 0.522. The molecule has 4 heteroatoms. The van der Waals surface area contributed by atoms with E-state index in [2.05, 4.69) is 44.2 Å². The Morgan fingerprint density at radius 3 is 2.48 bits per heavy atom. The molecule has 0 aromatic rings. The Morgan fingerprint density at radius 2 is 1.92 bits per heavy atom. The van der Waals surface area contributed by atoms with E-state index in [0.29, 0.717) is 0 Å². The summed E-state index contributed by atoms with van der Waals surface area (Å²) in [6.45, 7) is 20.5. The Labute approximate surface area is 153 Å². The van der Waals surface area contributed by atoms with Crippen LogP contribution in [0.1, 0.15) is 32.6 Å². The van der Waals surface area contributed by atoms with Gasteiger partial charge in [0.15, 0.2) is 0 Å². The molecule has 0 aromatic heterocycles. The van der Waals surface area contributed by atoms with Crippen LogP contribution in [0.5, 0.6) is 0 Å². The molecule has 0 saturated carbocycles. The fourth-order valence-corrected chi connectivity index (χ4v) is 3.38. The average Bonchev–Trinajstić information content (AvgIpc) is 2.66. The first-order valence-corrected chi connectivity index (χ1v) is 9.15. The molecule has 140 valence electrons. The van der Waals surface area contributed by atoms with E-state index in [9.17, 15) is 4.79 Å². The number of hydrogen-bond donors (Lipinski definition) is 0. The van der Waals surface area contributed by atoms with Crippen molar-refractivity contribution in [3.63, 3.8) is 0 Å². The molecule has 0 bridgehead atoms. The first-order chi connectivity index (χ1) is 12.1. The minimum atomic E-state index is -0.132. The van der Waals surface area contributed by atoms with Crippen LogP contribution in [-0.2, 0) is 9.53 Å². The Balaban J connectivity index is 0.00000151. The van der Waals surface area contributed by atoms with Crippen molar-refractivity contribution in [1.29, 1.82) is 0 Å². The molecule has 2 rings (SSSR count). The number of nitrogens with zero attached hydrogens (tertiary/aromatic N) is 2. The molecular formula is C21H34N2O2. The maximum absolute atomic E-state index is 12.0. The SMILES string of the molecule is C=C.C=CCCN1CC2(CCN(CC/C(C=C)=C/C)CC2)OCC1=O. The van der Waals surface area contributed by atoms with Crippen molar-refractivity contribution in [2.75, 3.05) is 39.3 Å². The van der Waals surface area contributed by atoms with Crippen molar-refractivity contribution in [2.45, 2.75) is 38.2 Å². The van der Waals surface area contributed by atoms with E-state index in [-0.39, 0.29) is 18.1 Å². The van der Waals surface area contributed by atoms with Gasteiger partial charge in [-0.05, 0) is 32.6 Å². The average molecular weight is 347 g/mol. The van der Waals surface area contributed by atoms with Crippen molar-refractivity contribution in [2.24, 2.45) is 0 Å². The maximum atomic E-state index is 12.0. The van der Waals surface area contributed by atoms with Gasteiger partial charge in [-0.3, -0.25) is 4.79 Å². The summed E-state index contributed by atoms with van der Waals surface area (Å²) in [5.41, 5.74) is 1.17. The van der Waals surface area contributed by atoms with Crippen LogP contribution < -0.4 is 0 Å². The normalized spacial score (nSPS) is 20.8. The van der Waals surface area contributed by atoms with Gasteiger partial charge in [-0.2, -0.15) is 0 Å². The van der Waals surface area contributed by atoms with Crippen molar-refractivity contribution in [3.8, 4) is 0 Å². The lowest BCUT2D eigenvalue weighted by Gasteiger charge is -2.47. The van der Waals surface area contributed by atoms with Gasteiger partial charge >= 0.3 is 0 Å². The molecule has 0 radical (unpaired) electrons. The van der Waals surface area contributed by atoms with Gasteiger partial charge in [0, 0.05) is 32.7 Å². The van der Waals surface area contributed by atoms with E-state index in [1.165, 1.54) is 5.57 Å². The minimum Gasteiger partial charge on any atom is -0.363 e. The molecule has 1 amide bonds. The van der Waals surface area contributed by atoms with Crippen molar-refractivity contribution < 1.29 is 9.53 Å². The zero-order valence-corrected chi connectivity index (χ0v) is 15.8. The second kappa shape index (κ2) is 11.1. The van der Waals surface area contributed by atoms with Gasteiger partial charge in [-0.25, -0.2) is 0 Å². The number of piperidine rings is 1. The highest BCUT2D eigenvalue weighted by molar-refractivity contribution is 5.78. The second-order valence-corrected chi connectivity index (χ2v) is 6.52. The Kier molecular flexibility index (Phi) is 9.46. The van der Waals surface area contributed by atoms with Gasteiger partial charge in [0.1, 0.15) is 6.61 Å². The van der Waals surface area contributed by atoms with E-state index in [4.69, 9.17) is 4.74 Å². The predicted octanol–water partition coefficient (Wildman–Crippen LogP) is 3.58. The first kappa shape index (κ1) is 21.4. The number of hydrogen-bond acceptors (Lipinski definition) is 3. The maximum Gasteiger partial charge on any atom is 0.248 e. The summed E-state index contributed by atoms with van der Waals surface area (Å²) in [5.74, 6) is 0.114. The van der Waals surface area contributed by atoms with Crippen LogP contribution >= 0.6 is 0 Å². The molecule has 2 saturated heterocycles. The largest absolute Gasteiger partial charge is 0.363 e. The summed E-state index contributed by atoms with van der Waals surface area (Å²) in [7, 11) is 0. The highest BCUT2D eigenvalue weighted by Gasteiger charge is 2.41. The number of amides is 1. The van der Waals surface area contributed by atoms with Crippen LogP contribution in [0.3, 0.4) is 0 Å². The summed E-state index contributed by atoms with van der Waals surface area (Å²) in [4.78, 5) is 16.4. The standard InChI is InChI=1S/C19H30N2O2.C2H4/c1-4-7-11-21-16-19(23-15-18(21)22)9-13-20(14-10-19)12-8-17(5-2)6-3;1-2/h4-6H,1-2,7-16H2,3H3;1-2H2/b17-6+;. The topological polar surface area (TPSA) is 32.8 Å². The number of morpholine rings is 1. The Morgan fingerprint density at radius 1 is 1.24 bits per heavy atom. The highest BCUT2D eigenvalue weighted by atomic mass is 16.5. The molecular weight excluding hydrogens is 312 g/mol. The summed E-state index contributed by atoms with van der Waals surface area (Å²) in [6, 6.07) is 0. The van der Waals surface area contributed by atoms with Crippen LogP contribution in [0.15, 0.2) is 50.1 Å². The van der Waals surface area contributed by atoms with Crippen LogP contribution in [0.2, 0.25) is 0 Å². The Hall–Kier alpha value is -1.65. The number of likely N-dealkylation sites (tertiary alicyclic amines) is 1. The zero-order chi connectivity index (χ0) is 18.7. The van der Waals surface area contributed by atoms with Gasteiger partial charge in [-0.1, -0.05) is 30.4 Å². The lowest BCUT2D eigenvalue weighted by atomic mass is 9.89. The molecule has 4 nitrogen and oxygen atoms in total. The molecule has 2 aliphatic heterocycles. The fraction of sp³-hybridized carbons (Fsp3) is 0.571. The molecule has 25 heavy (non-hydrogen) atoms. The molecule has 0 unspecified atom stereocenters. The van der Waals surface area contributed by atoms with Crippen molar-refractivity contribution >= 4 is 5.91 Å². The summed E-state index contributed by atoms with van der Waals surface area (Å²) >= 11 is 0. The number of ether oxygens (including phenoxy) is 1. The second-order valence-electron chi connectivity index (χ2n) is 6.52. The van der Waals surface area contributed by atoms with Gasteiger partial charge in [0.05, 0.1) is 5.60 Å². The monoisotopic (exact) mass is 346 g/mol. The third-order valence-electron chi connectivity index (χ3n) is 5.05. The smallest absolute Gasteiger partial charge is 0.248 e. The first-order valence-electron chi connectivity index (χ1n) is 9.15. The van der Waals surface area contributed by atoms with E-state index >= 15 is 0 Å². The summed E-state index contributed by atoms with van der Waals surface area (Å²) in [6.07, 6.45) is 9.86. The highest BCUT2D eigenvalue weighted by Crippen LogP contribution is 2.30. The van der Waals surface area contributed by atoms with E-state index in [0.717, 1.165) is 58.4 Å². The molecule has 1 spiro atoms. The van der Waals surface area contributed by atoms with Gasteiger partial charge in [0.25, 0.3) is 0 Å². The lowest BCUT2D eigenvalue weighted by Crippen LogP contribution is -2.58. The third kappa shape index (κ3) is 6.29. The molecule has 2 fully saturated rings. The van der Waals surface area contributed by atoms with Crippen LogP contribution in [-0.4, -0.2) is 60.6 Å². The molecule has 2 heterocycles. The number of carbonyl (C=O) groups is 1. The molecule has 0 N–H and O–H groups in total. The van der Waals surface area contributed by atoms with Crippen molar-refractivity contribution in [1.82, 2.24) is 9.80 Å². The molecule has 2 aliphatic rings. The van der Waals surface area contributed by atoms with Crippen molar-refractivity contribution in [3.05, 3.63) is 50.1 Å². The molecule has 0 aliphatic carbocycles. The predicted molar refractivity (Wildman–Crippen MR) is 106 cm³/mol. The number of carbonyl (C=O) groups excluding carboxylic acids is 1. The molecule has 0 atom stereocenters. The van der Waals surface area contributed by atoms with Gasteiger partial charge in [0.2, 0.25) is 5.91 Å². The van der Waals surface area contributed by atoms with E-state index in [1.807, 2.05) is 17.1 Å². The van der Waals surface area contributed by atoms with Crippen LogP contribution in [0.4, 0.5) is 0 Å². The third-order valence-corrected chi connectivity index (χ3v) is 5.05. The fourth-order valence-electron chi connectivity index (χ4n) is 3.38. The molecule has 0 aromatic carbocycles.